The normalized spacial score (nSPS) is 15.5. The first-order valence-corrected chi connectivity index (χ1v) is 12.4. The van der Waals surface area contributed by atoms with Crippen LogP contribution >= 0.6 is 11.3 Å². The third-order valence-corrected chi connectivity index (χ3v) is 6.71. The minimum Gasteiger partial charge on any atom is -0.494 e. The minimum absolute atomic E-state index is 0.196. The number of ether oxygens (including phenoxy) is 2. The van der Waals surface area contributed by atoms with Gasteiger partial charge < -0.3 is 14.4 Å². The molecule has 0 N–H and O–H groups in total. The Morgan fingerprint density at radius 3 is 2.37 bits per heavy atom. The number of rotatable bonds is 7. The molecule has 2 aromatic carbocycles. The number of anilines is 1. The van der Waals surface area contributed by atoms with Crippen LogP contribution in [0.1, 0.15) is 37.9 Å². The number of thiazole rings is 1. The molecule has 0 bridgehead atoms. The molecule has 0 amide bonds. The van der Waals surface area contributed by atoms with E-state index in [-0.39, 0.29) is 12.2 Å². The third kappa shape index (κ3) is 4.93. The zero-order chi connectivity index (χ0) is 25.1. The van der Waals surface area contributed by atoms with Crippen molar-refractivity contribution in [2.24, 2.45) is 4.99 Å². The van der Waals surface area contributed by atoms with E-state index in [2.05, 4.69) is 4.99 Å². The van der Waals surface area contributed by atoms with Crippen LogP contribution in [0.4, 0.5) is 5.69 Å². The van der Waals surface area contributed by atoms with Gasteiger partial charge in [0.1, 0.15) is 5.75 Å². The smallest absolute Gasteiger partial charge is 0.338 e. The van der Waals surface area contributed by atoms with Gasteiger partial charge in [-0.25, -0.2) is 9.79 Å². The number of hydrogen-bond donors (Lipinski definition) is 0. The largest absolute Gasteiger partial charge is 0.494 e. The lowest BCUT2D eigenvalue weighted by Gasteiger charge is -2.25. The van der Waals surface area contributed by atoms with E-state index in [9.17, 15) is 9.59 Å². The van der Waals surface area contributed by atoms with Gasteiger partial charge in [-0.05, 0) is 62.2 Å². The molecule has 0 aliphatic carbocycles. The van der Waals surface area contributed by atoms with Crippen molar-refractivity contribution in [3.63, 3.8) is 0 Å². The summed E-state index contributed by atoms with van der Waals surface area (Å²) in [5.41, 5.74) is 3.46. The summed E-state index contributed by atoms with van der Waals surface area (Å²) in [6.45, 7) is 6.32. The summed E-state index contributed by atoms with van der Waals surface area (Å²) in [6, 6.07) is 14.8. The SMILES string of the molecule is CCOC(=O)C1=C(C)N=c2s/c(=C/c3ccc(OCC)cc3)c(=O)n2[C@@H]1c1ccc(N(C)C)cc1. The molecule has 35 heavy (non-hydrogen) atoms. The summed E-state index contributed by atoms with van der Waals surface area (Å²) in [6.07, 6.45) is 1.84. The number of carbonyl (C=O) groups excluding carboxylic acids is 1. The number of esters is 1. The van der Waals surface area contributed by atoms with Crippen molar-refractivity contribution in [1.29, 1.82) is 0 Å². The van der Waals surface area contributed by atoms with Crippen LogP contribution in [-0.2, 0) is 9.53 Å². The third-order valence-electron chi connectivity index (χ3n) is 5.73. The molecule has 0 radical (unpaired) electrons. The lowest BCUT2D eigenvalue weighted by atomic mass is 9.95. The predicted octanol–water partition coefficient (Wildman–Crippen LogP) is 3.26. The quantitative estimate of drug-likeness (QED) is 0.475. The van der Waals surface area contributed by atoms with E-state index >= 15 is 0 Å². The number of nitrogens with zero attached hydrogens (tertiary/aromatic N) is 3. The molecule has 1 atom stereocenters. The molecule has 182 valence electrons. The fourth-order valence-corrected chi connectivity index (χ4v) is 5.09. The molecule has 1 aliphatic heterocycles. The standard InChI is InChI=1S/C27H29N3O4S/c1-6-33-21-14-8-18(9-15-21)16-22-25(31)30-24(19-10-12-20(13-11-19)29(4)5)23(26(32)34-7-2)17(3)28-27(30)35-22/h8-16,24H,6-7H2,1-5H3/b22-16+/t24-/m1/s1. The van der Waals surface area contributed by atoms with Gasteiger partial charge in [0.05, 0.1) is 35.1 Å². The van der Waals surface area contributed by atoms with Crippen molar-refractivity contribution in [2.75, 3.05) is 32.2 Å². The predicted molar refractivity (Wildman–Crippen MR) is 139 cm³/mol. The molecule has 0 saturated carbocycles. The van der Waals surface area contributed by atoms with Crippen molar-refractivity contribution >= 4 is 29.1 Å². The Balaban J connectivity index is 1.87. The van der Waals surface area contributed by atoms with E-state index < -0.39 is 12.0 Å². The van der Waals surface area contributed by atoms with Gasteiger partial charge in [-0.3, -0.25) is 9.36 Å². The molecule has 8 heteroatoms. The second kappa shape index (κ2) is 10.3. The van der Waals surface area contributed by atoms with E-state index in [0.717, 1.165) is 22.6 Å². The van der Waals surface area contributed by atoms with Crippen molar-refractivity contribution in [2.45, 2.75) is 26.8 Å². The highest BCUT2D eigenvalue weighted by Crippen LogP contribution is 2.31. The number of carbonyl (C=O) groups is 1. The Labute approximate surface area is 208 Å². The summed E-state index contributed by atoms with van der Waals surface area (Å²) in [5, 5.41) is 0. The summed E-state index contributed by atoms with van der Waals surface area (Å²) in [5.74, 6) is 0.318. The number of allylic oxidation sites excluding steroid dienone is 1. The maximum atomic E-state index is 13.7. The first kappa shape index (κ1) is 24.5. The molecule has 1 aliphatic rings. The van der Waals surface area contributed by atoms with E-state index in [1.54, 1.807) is 18.4 Å². The van der Waals surface area contributed by atoms with E-state index in [1.807, 2.05) is 80.5 Å². The van der Waals surface area contributed by atoms with Gasteiger partial charge in [-0.1, -0.05) is 35.6 Å². The zero-order valence-corrected chi connectivity index (χ0v) is 21.4. The van der Waals surface area contributed by atoms with Gasteiger partial charge >= 0.3 is 5.97 Å². The van der Waals surface area contributed by atoms with Crippen LogP contribution in [0.3, 0.4) is 0 Å². The fraction of sp³-hybridized carbons (Fsp3) is 0.296. The summed E-state index contributed by atoms with van der Waals surface area (Å²) in [4.78, 5) is 33.8. The Hall–Kier alpha value is -3.65. The molecule has 0 spiro atoms. The lowest BCUT2D eigenvalue weighted by Crippen LogP contribution is -2.39. The topological polar surface area (TPSA) is 73.1 Å². The summed E-state index contributed by atoms with van der Waals surface area (Å²) >= 11 is 1.31. The van der Waals surface area contributed by atoms with Crippen LogP contribution in [0.15, 0.2) is 69.6 Å². The summed E-state index contributed by atoms with van der Waals surface area (Å²) in [7, 11) is 3.93. The highest BCUT2D eigenvalue weighted by Gasteiger charge is 2.33. The average molecular weight is 492 g/mol. The van der Waals surface area contributed by atoms with Crippen molar-refractivity contribution < 1.29 is 14.3 Å². The fourth-order valence-electron chi connectivity index (χ4n) is 4.04. The van der Waals surface area contributed by atoms with Gasteiger partial charge in [0, 0.05) is 19.8 Å². The molecule has 1 aromatic heterocycles. The molecule has 3 aromatic rings. The molecule has 4 rings (SSSR count). The van der Waals surface area contributed by atoms with E-state index in [4.69, 9.17) is 9.47 Å². The van der Waals surface area contributed by atoms with Crippen LogP contribution < -0.4 is 24.5 Å². The second-order valence-corrected chi connectivity index (χ2v) is 9.30. The number of hydrogen-bond acceptors (Lipinski definition) is 7. The van der Waals surface area contributed by atoms with Crippen LogP contribution in [0.2, 0.25) is 0 Å². The Morgan fingerprint density at radius 2 is 1.77 bits per heavy atom. The molecular weight excluding hydrogens is 462 g/mol. The van der Waals surface area contributed by atoms with Crippen LogP contribution in [0.25, 0.3) is 6.08 Å². The highest BCUT2D eigenvalue weighted by atomic mass is 32.1. The minimum atomic E-state index is -0.621. The van der Waals surface area contributed by atoms with Crippen molar-refractivity contribution in [1.82, 2.24) is 4.57 Å². The van der Waals surface area contributed by atoms with E-state index in [1.165, 1.54) is 11.3 Å². The molecule has 7 nitrogen and oxygen atoms in total. The van der Waals surface area contributed by atoms with Crippen molar-refractivity contribution in [3.8, 4) is 5.75 Å². The summed E-state index contributed by atoms with van der Waals surface area (Å²) < 4.78 is 13.0. The van der Waals surface area contributed by atoms with Gasteiger partial charge in [0.25, 0.3) is 5.56 Å². The first-order chi connectivity index (χ1) is 16.8. The van der Waals surface area contributed by atoms with Crippen LogP contribution in [0, 0.1) is 0 Å². The maximum Gasteiger partial charge on any atom is 0.338 e. The maximum absolute atomic E-state index is 13.7. The second-order valence-electron chi connectivity index (χ2n) is 8.29. The van der Waals surface area contributed by atoms with Gasteiger partial charge in [0.2, 0.25) is 0 Å². The lowest BCUT2D eigenvalue weighted by molar-refractivity contribution is -0.139. The van der Waals surface area contributed by atoms with Gasteiger partial charge in [-0.2, -0.15) is 0 Å². The molecule has 0 saturated heterocycles. The van der Waals surface area contributed by atoms with E-state index in [0.29, 0.717) is 27.2 Å². The van der Waals surface area contributed by atoms with Gasteiger partial charge in [0.15, 0.2) is 4.80 Å². The highest BCUT2D eigenvalue weighted by molar-refractivity contribution is 7.07. The first-order valence-electron chi connectivity index (χ1n) is 11.5. The average Bonchev–Trinajstić information content (AvgIpc) is 3.14. The number of fused-ring (bicyclic) bond motifs is 1. The number of aromatic nitrogens is 1. The van der Waals surface area contributed by atoms with Crippen molar-refractivity contribution in [3.05, 3.63) is 90.6 Å². The number of benzene rings is 2. The Morgan fingerprint density at radius 1 is 1.09 bits per heavy atom. The molecule has 0 unspecified atom stereocenters. The molecular formula is C27H29N3O4S. The Kier molecular flexibility index (Phi) is 7.21. The molecule has 2 heterocycles. The zero-order valence-electron chi connectivity index (χ0n) is 20.6. The monoisotopic (exact) mass is 491 g/mol. The van der Waals surface area contributed by atoms with Gasteiger partial charge in [-0.15, -0.1) is 0 Å². The Bertz CT molecular complexity index is 1430. The van der Waals surface area contributed by atoms with Crippen LogP contribution in [-0.4, -0.2) is 37.8 Å². The molecule has 0 fully saturated rings. The van der Waals surface area contributed by atoms with Crippen LogP contribution in [0.5, 0.6) is 5.75 Å².